The molecule has 0 aliphatic heterocycles. The number of carbonyl (C=O) groups is 1. The Balaban J connectivity index is 2.87. The number of aliphatic carboxylic acids is 1. The van der Waals surface area contributed by atoms with Crippen molar-refractivity contribution in [1.82, 2.24) is 0 Å². The van der Waals surface area contributed by atoms with Crippen molar-refractivity contribution in [2.24, 2.45) is 0 Å². The zero-order valence-corrected chi connectivity index (χ0v) is 9.18. The average molecular weight is 207 g/mol. The molecule has 0 saturated carbocycles. The van der Waals surface area contributed by atoms with Crippen molar-refractivity contribution in [2.75, 3.05) is 11.4 Å². The molecule has 0 aliphatic carbocycles. The van der Waals surface area contributed by atoms with Crippen molar-refractivity contribution >= 4 is 11.7 Å². The van der Waals surface area contributed by atoms with E-state index in [0.29, 0.717) is 0 Å². The van der Waals surface area contributed by atoms with Crippen molar-refractivity contribution in [2.45, 2.75) is 26.3 Å². The summed E-state index contributed by atoms with van der Waals surface area (Å²) in [5, 5.41) is 9.00. The highest BCUT2D eigenvalue weighted by molar-refractivity contribution is 5.77. The largest absolute Gasteiger partial charge is 0.480 e. The van der Waals surface area contributed by atoms with Gasteiger partial charge in [0.15, 0.2) is 0 Å². The van der Waals surface area contributed by atoms with E-state index in [2.05, 4.69) is 0 Å². The molecule has 0 heterocycles. The molecule has 0 fully saturated rings. The molecule has 1 N–H and O–H groups in total. The van der Waals surface area contributed by atoms with E-state index in [-0.39, 0.29) is 0 Å². The summed E-state index contributed by atoms with van der Waals surface area (Å²) >= 11 is 0. The fourth-order valence-electron chi connectivity index (χ4n) is 1.54. The van der Waals surface area contributed by atoms with Crippen LogP contribution in [-0.4, -0.2) is 23.7 Å². The predicted octanol–water partition coefficient (Wildman–Crippen LogP) is 2.38. The lowest BCUT2D eigenvalue weighted by Gasteiger charge is -2.28. The topological polar surface area (TPSA) is 40.5 Å². The normalized spacial score (nSPS) is 12.1. The Hall–Kier alpha value is -1.51. The highest BCUT2D eigenvalue weighted by atomic mass is 16.4. The number of anilines is 1. The highest BCUT2D eigenvalue weighted by Gasteiger charge is 2.19. The van der Waals surface area contributed by atoms with E-state index in [1.165, 1.54) is 0 Å². The molecular formula is C12H17NO2. The molecule has 0 amide bonds. The zero-order chi connectivity index (χ0) is 11.3. The highest BCUT2D eigenvalue weighted by Crippen LogP contribution is 2.16. The lowest BCUT2D eigenvalue weighted by atomic mass is 10.2. The third-order valence-electron chi connectivity index (χ3n) is 2.38. The number of rotatable bonds is 5. The van der Waals surface area contributed by atoms with Crippen LogP contribution < -0.4 is 4.90 Å². The van der Waals surface area contributed by atoms with Crippen LogP contribution in [0, 0.1) is 0 Å². The van der Waals surface area contributed by atoms with Crippen LogP contribution in [0.5, 0.6) is 0 Å². The van der Waals surface area contributed by atoms with Crippen LogP contribution in [0.15, 0.2) is 30.3 Å². The molecule has 3 nitrogen and oxygen atoms in total. The van der Waals surface area contributed by atoms with E-state index in [4.69, 9.17) is 5.11 Å². The van der Waals surface area contributed by atoms with Gasteiger partial charge in [-0.05, 0) is 25.5 Å². The van der Waals surface area contributed by atoms with Crippen molar-refractivity contribution < 1.29 is 9.90 Å². The summed E-state index contributed by atoms with van der Waals surface area (Å²) in [5.74, 6) is -0.785. The Morgan fingerprint density at radius 1 is 1.40 bits per heavy atom. The van der Waals surface area contributed by atoms with Gasteiger partial charge in [0, 0.05) is 12.2 Å². The fourth-order valence-corrected chi connectivity index (χ4v) is 1.54. The van der Waals surface area contributed by atoms with Crippen LogP contribution >= 0.6 is 0 Å². The van der Waals surface area contributed by atoms with E-state index >= 15 is 0 Å². The third-order valence-corrected chi connectivity index (χ3v) is 2.38. The summed E-state index contributed by atoms with van der Waals surface area (Å²) < 4.78 is 0. The molecule has 0 saturated heterocycles. The van der Waals surface area contributed by atoms with E-state index in [1.54, 1.807) is 6.92 Å². The molecule has 3 heteroatoms. The van der Waals surface area contributed by atoms with Gasteiger partial charge in [0.05, 0.1) is 0 Å². The van der Waals surface area contributed by atoms with Gasteiger partial charge in [-0.15, -0.1) is 0 Å². The maximum atomic E-state index is 10.9. The van der Waals surface area contributed by atoms with Gasteiger partial charge in [-0.1, -0.05) is 25.1 Å². The molecule has 0 bridgehead atoms. The molecule has 15 heavy (non-hydrogen) atoms. The van der Waals surface area contributed by atoms with Crippen LogP contribution in [0.1, 0.15) is 20.3 Å². The predicted molar refractivity (Wildman–Crippen MR) is 61.2 cm³/mol. The minimum Gasteiger partial charge on any atom is -0.480 e. The first-order chi connectivity index (χ1) is 7.16. The number of nitrogens with zero attached hydrogens (tertiary/aromatic N) is 1. The monoisotopic (exact) mass is 207 g/mol. The first-order valence-corrected chi connectivity index (χ1v) is 5.21. The second-order valence-corrected chi connectivity index (χ2v) is 3.54. The van der Waals surface area contributed by atoms with E-state index in [0.717, 1.165) is 18.7 Å². The van der Waals surface area contributed by atoms with Gasteiger partial charge in [-0.25, -0.2) is 4.79 Å². The summed E-state index contributed by atoms with van der Waals surface area (Å²) in [6.07, 6.45) is 0.937. The number of benzene rings is 1. The van der Waals surface area contributed by atoms with Gasteiger partial charge in [-0.3, -0.25) is 0 Å². The van der Waals surface area contributed by atoms with Crippen LogP contribution in [0.4, 0.5) is 5.69 Å². The summed E-state index contributed by atoms with van der Waals surface area (Å²) in [4.78, 5) is 12.9. The minimum absolute atomic E-state index is 0.479. The average Bonchev–Trinajstić information content (AvgIpc) is 2.26. The molecule has 0 aromatic heterocycles. The smallest absolute Gasteiger partial charge is 0.326 e. The molecular weight excluding hydrogens is 190 g/mol. The molecule has 1 atom stereocenters. The van der Waals surface area contributed by atoms with Crippen molar-refractivity contribution in [3.8, 4) is 0 Å². The second kappa shape index (κ2) is 5.39. The minimum atomic E-state index is -0.785. The van der Waals surface area contributed by atoms with Crippen LogP contribution in [-0.2, 0) is 4.79 Å². The summed E-state index contributed by atoms with van der Waals surface area (Å²) in [5.41, 5.74) is 0.967. The number of carboxylic acid groups (broad SMARTS) is 1. The molecule has 82 valence electrons. The number of hydrogen-bond donors (Lipinski definition) is 1. The van der Waals surface area contributed by atoms with E-state index < -0.39 is 12.0 Å². The Labute approximate surface area is 90.3 Å². The van der Waals surface area contributed by atoms with Crippen LogP contribution in [0.2, 0.25) is 0 Å². The summed E-state index contributed by atoms with van der Waals surface area (Å²) in [7, 11) is 0. The third kappa shape index (κ3) is 2.98. The first-order valence-electron chi connectivity index (χ1n) is 5.21. The van der Waals surface area contributed by atoms with Gasteiger partial charge in [-0.2, -0.15) is 0 Å². The fraction of sp³-hybridized carbons (Fsp3) is 0.417. The molecule has 0 radical (unpaired) electrons. The molecule has 1 aromatic rings. The standard InChI is InChI=1S/C12H17NO2/c1-3-9-13(10(2)12(14)15)11-7-5-4-6-8-11/h4-8,10H,3,9H2,1-2H3,(H,14,15)/t10-/m0/s1. The van der Waals surface area contributed by atoms with Gasteiger partial charge in [0.2, 0.25) is 0 Å². The number of hydrogen-bond acceptors (Lipinski definition) is 2. The maximum absolute atomic E-state index is 10.9. The molecule has 0 spiro atoms. The lowest BCUT2D eigenvalue weighted by Crippen LogP contribution is -2.39. The Kier molecular flexibility index (Phi) is 4.16. The number of carboxylic acids is 1. The van der Waals surface area contributed by atoms with E-state index in [9.17, 15) is 4.79 Å². The molecule has 0 aliphatic rings. The van der Waals surface area contributed by atoms with Crippen LogP contribution in [0.25, 0.3) is 0 Å². The quantitative estimate of drug-likeness (QED) is 0.805. The van der Waals surface area contributed by atoms with Gasteiger partial charge in [0.1, 0.15) is 6.04 Å². The van der Waals surface area contributed by atoms with Crippen LogP contribution in [0.3, 0.4) is 0 Å². The maximum Gasteiger partial charge on any atom is 0.326 e. The van der Waals surface area contributed by atoms with E-state index in [1.807, 2.05) is 42.2 Å². The molecule has 1 aromatic carbocycles. The Morgan fingerprint density at radius 3 is 2.47 bits per heavy atom. The Morgan fingerprint density at radius 2 is 2.00 bits per heavy atom. The first kappa shape index (κ1) is 11.6. The Bertz CT molecular complexity index is 311. The van der Waals surface area contributed by atoms with Crippen molar-refractivity contribution in [1.29, 1.82) is 0 Å². The van der Waals surface area contributed by atoms with Crippen molar-refractivity contribution in [3.05, 3.63) is 30.3 Å². The summed E-state index contributed by atoms with van der Waals surface area (Å²) in [6, 6.07) is 9.18. The number of para-hydroxylation sites is 1. The zero-order valence-electron chi connectivity index (χ0n) is 9.18. The molecule has 0 unspecified atom stereocenters. The van der Waals surface area contributed by atoms with Gasteiger partial charge >= 0.3 is 5.97 Å². The lowest BCUT2D eigenvalue weighted by molar-refractivity contribution is -0.138. The summed E-state index contributed by atoms with van der Waals surface area (Å²) in [6.45, 7) is 4.52. The van der Waals surface area contributed by atoms with Crippen molar-refractivity contribution in [3.63, 3.8) is 0 Å². The van der Waals surface area contributed by atoms with Gasteiger partial charge < -0.3 is 10.0 Å². The van der Waals surface area contributed by atoms with Gasteiger partial charge in [0.25, 0.3) is 0 Å². The SMILES string of the molecule is CCCN(c1ccccc1)[C@@H](C)C(=O)O. The molecule has 1 rings (SSSR count). The second-order valence-electron chi connectivity index (χ2n) is 3.54.